The van der Waals surface area contributed by atoms with Gasteiger partial charge >= 0.3 is 0 Å². The van der Waals surface area contributed by atoms with Gasteiger partial charge in [0.05, 0.1) is 43.5 Å². The van der Waals surface area contributed by atoms with E-state index >= 15 is 0 Å². The van der Waals surface area contributed by atoms with Crippen molar-refractivity contribution in [3.05, 3.63) is 88.6 Å². The number of amides is 2. The second kappa shape index (κ2) is 11.0. The van der Waals surface area contributed by atoms with Crippen molar-refractivity contribution in [2.45, 2.75) is 12.0 Å². The Morgan fingerprint density at radius 2 is 1.69 bits per heavy atom. The first-order valence-electron chi connectivity index (χ1n) is 12.5. The Kier molecular flexibility index (Phi) is 7.50. The molecule has 0 radical (unpaired) electrons. The van der Waals surface area contributed by atoms with E-state index in [1.807, 2.05) is 60.3 Å². The van der Waals surface area contributed by atoms with Crippen LogP contribution < -0.4 is 14.8 Å². The first-order valence-corrected chi connectivity index (χ1v) is 12.9. The Bertz CT molecular complexity index is 1550. The first kappa shape index (κ1) is 26.6. The summed E-state index contributed by atoms with van der Waals surface area (Å²) in [6, 6.07) is 17.9. The van der Waals surface area contributed by atoms with Gasteiger partial charge in [0.2, 0.25) is 5.91 Å². The quantitative estimate of drug-likeness (QED) is 0.319. The first-order chi connectivity index (χ1) is 18.9. The van der Waals surface area contributed by atoms with Gasteiger partial charge in [-0.25, -0.2) is 0 Å². The predicted molar refractivity (Wildman–Crippen MR) is 151 cm³/mol. The zero-order chi connectivity index (χ0) is 27.7. The SMILES string of the molecule is COCCN1C(=O)c2ccccc2[C@@H](C(=O)Nc2cc(Cl)c(OC)cc2OC)[C@H]1c1cn(C)c2ccccc12. The Hall–Kier alpha value is -4.01. The number of benzene rings is 3. The smallest absolute Gasteiger partial charge is 0.254 e. The molecule has 1 aliphatic rings. The molecule has 9 heteroatoms. The molecule has 0 bridgehead atoms. The van der Waals surface area contributed by atoms with E-state index in [1.165, 1.54) is 14.2 Å². The molecule has 0 aliphatic carbocycles. The standard InChI is InChI=1S/C30H30ClN3O5/c1-33-17-21(18-9-7-8-12-24(18)33)28-27(19-10-5-6-11-20(19)30(36)34(28)13-14-37-2)29(35)32-23-15-22(31)25(38-3)16-26(23)39-4/h5-12,15-17,27-28H,13-14H2,1-4H3,(H,32,35)/t27-,28-/m1/s1. The molecule has 1 aromatic heterocycles. The molecule has 1 aliphatic heterocycles. The van der Waals surface area contributed by atoms with Crippen LogP contribution in [0.1, 0.15) is 33.4 Å². The van der Waals surface area contributed by atoms with Gasteiger partial charge < -0.3 is 29.0 Å². The van der Waals surface area contributed by atoms with Crippen LogP contribution in [0.25, 0.3) is 10.9 Å². The highest BCUT2D eigenvalue weighted by molar-refractivity contribution is 6.32. The number of carbonyl (C=O) groups excluding carboxylic acids is 2. The molecule has 3 aromatic carbocycles. The molecule has 2 atom stereocenters. The minimum absolute atomic E-state index is 0.144. The van der Waals surface area contributed by atoms with Gasteiger partial charge in [0.15, 0.2) is 0 Å². The van der Waals surface area contributed by atoms with Crippen molar-refractivity contribution in [3.63, 3.8) is 0 Å². The zero-order valence-corrected chi connectivity index (χ0v) is 23.0. The van der Waals surface area contributed by atoms with Crippen LogP contribution in [0, 0.1) is 0 Å². The number of halogens is 1. The lowest BCUT2D eigenvalue weighted by Crippen LogP contribution is -2.47. The molecule has 2 heterocycles. The number of nitrogens with one attached hydrogen (secondary N) is 1. The van der Waals surface area contributed by atoms with Crippen LogP contribution in [0.2, 0.25) is 5.02 Å². The Balaban J connectivity index is 1.69. The number of aryl methyl sites for hydroxylation is 1. The highest BCUT2D eigenvalue weighted by Crippen LogP contribution is 2.46. The lowest BCUT2D eigenvalue weighted by Gasteiger charge is -2.41. The number of rotatable bonds is 8. The molecule has 5 rings (SSSR count). The summed E-state index contributed by atoms with van der Waals surface area (Å²) in [7, 11) is 6.58. The number of hydrogen-bond donors (Lipinski definition) is 1. The summed E-state index contributed by atoms with van der Waals surface area (Å²) in [6.07, 6.45) is 2.00. The number of methoxy groups -OCH3 is 3. The van der Waals surface area contributed by atoms with Crippen molar-refractivity contribution < 1.29 is 23.8 Å². The van der Waals surface area contributed by atoms with Crippen molar-refractivity contribution in [2.75, 3.05) is 39.8 Å². The largest absolute Gasteiger partial charge is 0.495 e. The molecular formula is C30H30ClN3O5. The van der Waals surface area contributed by atoms with Gasteiger partial charge in [-0.2, -0.15) is 0 Å². The van der Waals surface area contributed by atoms with Crippen molar-refractivity contribution >= 4 is 40.0 Å². The van der Waals surface area contributed by atoms with Gasteiger partial charge in [0.25, 0.3) is 5.91 Å². The number of nitrogens with zero attached hydrogens (tertiary/aromatic N) is 2. The Labute approximate surface area is 232 Å². The second-order valence-corrected chi connectivity index (χ2v) is 9.80. The maximum Gasteiger partial charge on any atom is 0.254 e. The van der Waals surface area contributed by atoms with Gasteiger partial charge in [-0.1, -0.05) is 48.0 Å². The maximum atomic E-state index is 14.3. The summed E-state index contributed by atoms with van der Waals surface area (Å²) < 4.78 is 18.2. The van der Waals surface area contributed by atoms with Gasteiger partial charge in [0, 0.05) is 55.0 Å². The number of anilines is 1. The summed E-state index contributed by atoms with van der Waals surface area (Å²) in [5.41, 5.74) is 3.44. The van der Waals surface area contributed by atoms with E-state index in [0.29, 0.717) is 46.5 Å². The normalized spacial score (nSPS) is 16.7. The topological polar surface area (TPSA) is 82.0 Å². The molecule has 0 saturated carbocycles. The Morgan fingerprint density at radius 1 is 0.974 bits per heavy atom. The number of carbonyl (C=O) groups is 2. The van der Waals surface area contributed by atoms with Crippen molar-refractivity contribution in [2.24, 2.45) is 7.05 Å². The second-order valence-electron chi connectivity index (χ2n) is 9.39. The molecule has 39 heavy (non-hydrogen) atoms. The highest BCUT2D eigenvalue weighted by atomic mass is 35.5. The number of ether oxygens (including phenoxy) is 3. The van der Waals surface area contributed by atoms with E-state index < -0.39 is 12.0 Å². The minimum Gasteiger partial charge on any atom is -0.495 e. The summed E-state index contributed by atoms with van der Waals surface area (Å²) in [5.74, 6) is -0.334. The fourth-order valence-electron chi connectivity index (χ4n) is 5.43. The fourth-order valence-corrected chi connectivity index (χ4v) is 5.67. The molecule has 0 fully saturated rings. The molecule has 0 unspecified atom stereocenters. The van der Waals surface area contributed by atoms with Gasteiger partial charge in [0.1, 0.15) is 11.5 Å². The van der Waals surface area contributed by atoms with E-state index in [9.17, 15) is 9.59 Å². The van der Waals surface area contributed by atoms with E-state index in [-0.39, 0.29) is 11.8 Å². The van der Waals surface area contributed by atoms with Gasteiger partial charge in [-0.05, 0) is 23.8 Å². The summed E-state index contributed by atoms with van der Waals surface area (Å²) in [5, 5.41) is 4.34. The monoisotopic (exact) mass is 547 g/mol. The van der Waals surface area contributed by atoms with Crippen LogP contribution in [0.4, 0.5) is 5.69 Å². The Morgan fingerprint density at radius 3 is 2.44 bits per heavy atom. The summed E-state index contributed by atoms with van der Waals surface area (Å²) in [6.45, 7) is 0.643. The van der Waals surface area contributed by atoms with Gasteiger partial charge in [-0.3, -0.25) is 9.59 Å². The van der Waals surface area contributed by atoms with E-state index in [0.717, 1.165) is 16.5 Å². The van der Waals surface area contributed by atoms with Crippen molar-refractivity contribution in [1.29, 1.82) is 0 Å². The van der Waals surface area contributed by atoms with Crippen LogP contribution in [0.15, 0.2) is 66.9 Å². The van der Waals surface area contributed by atoms with Crippen LogP contribution in [-0.2, 0) is 16.6 Å². The number of para-hydroxylation sites is 1. The van der Waals surface area contributed by atoms with Crippen LogP contribution in [0.5, 0.6) is 11.5 Å². The van der Waals surface area contributed by atoms with E-state index in [2.05, 4.69) is 5.32 Å². The molecule has 1 N–H and O–H groups in total. The lowest BCUT2D eigenvalue weighted by molar-refractivity contribution is -0.119. The van der Waals surface area contributed by atoms with Crippen LogP contribution in [-0.4, -0.2) is 55.8 Å². The molecule has 8 nitrogen and oxygen atoms in total. The van der Waals surface area contributed by atoms with E-state index in [1.54, 1.807) is 30.2 Å². The van der Waals surface area contributed by atoms with Crippen molar-refractivity contribution in [3.8, 4) is 11.5 Å². The summed E-state index contributed by atoms with van der Waals surface area (Å²) in [4.78, 5) is 29.9. The molecule has 0 saturated heterocycles. The van der Waals surface area contributed by atoms with Crippen LogP contribution in [0.3, 0.4) is 0 Å². The average molecular weight is 548 g/mol. The molecular weight excluding hydrogens is 518 g/mol. The predicted octanol–water partition coefficient (Wildman–Crippen LogP) is 5.41. The third kappa shape index (κ3) is 4.70. The minimum atomic E-state index is -0.729. The molecule has 0 spiro atoms. The summed E-state index contributed by atoms with van der Waals surface area (Å²) >= 11 is 6.40. The highest BCUT2D eigenvalue weighted by Gasteiger charge is 2.45. The average Bonchev–Trinajstić information content (AvgIpc) is 3.28. The van der Waals surface area contributed by atoms with Crippen LogP contribution >= 0.6 is 11.6 Å². The molecule has 2 amide bonds. The fraction of sp³-hybridized carbons (Fsp3) is 0.267. The number of fused-ring (bicyclic) bond motifs is 2. The number of hydrogen-bond acceptors (Lipinski definition) is 5. The third-order valence-electron chi connectivity index (χ3n) is 7.24. The maximum absolute atomic E-state index is 14.3. The van der Waals surface area contributed by atoms with Crippen molar-refractivity contribution in [1.82, 2.24) is 9.47 Å². The van der Waals surface area contributed by atoms with Gasteiger partial charge in [-0.15, -0.1) is 0 Å². The molecule has 4 aromatic rings. The lowest BCUT2D eigenvalue weighted by atomic mass is 9.79. The van der Waals surface area contributed by atoms with E-state index in [4.69, 9.17) is 25.8 Å². The molecule has 202 valence electrons. The zero-order valence-electron chi connectivity index (χ0n) is 22.2. The number of aromatic nitrogens is 1. The third-order valence-corrected chi connectivity index (χ3v) is 7.53.